The first-order valence-electron chi connectivity index (χ1n) is 19.5. The molecule has 63 heavy (non-hydrogen) atoms. The molecule has 1 aliphatic carbocycles. The minimum atomic E-state index is -1.20. The first kappa shape index (κ1) is 43.9. The maximum absolute atomic E-state index is 14.0. The maximum Gasteiger partial charge on any atom is 0.338 e. The fourth-order valence-electron chi connectivity index (χ4n) is 7.05. The summed E-state index contributed by atoms with van der Waals surface area (Å²) in [5, 5.41) is 36.5. The molecule has 0 saturated carbocycles. The molecular formula is C45H39ClFN7O8S. The van der Waals surface area contributed by atoms with Gasteiger partial charge in [0.2, 0.25) is 5.91 Å². The molecule has 1 aromatic heterocycles. The van der Waals surface area contributed by atoms with Gasteiger partial charge >= 0.3 is 11.9 Å². The summed E-state index contributed by atoms with van der Waals surface area (Å²) in [6, 6.07) is 21.7. The van der Waals surface area contributed by atoms with Crippen molar-refractivity contribution >= 4 is 69.3 Å². The number of thiocarbonyl (C=S) groups is 1. The molecule has 7 N–H and O–H groups in total. The van der Waals surface area contributed by atoms with Gasteiger partial charge in [-0.25, -0.2) is 14.0 Å². The third kappa shape index (κ3) is 10.3. The van der Waals surface area contributed by atoms with Gasteiger partial charge in [0.15, 0.2) is 16.4 Å². The molecule has 3 heterocycles. The van der Waals surface area contributed by atoms with Gasteiger partial charge in [0.1, 0.15) is 34.6 Å². The molecule has 0 fully saturated rings. The number of esters is 1. The van der Waals surface area contributed by atoms with Crippen LogP contribution in [0.5, 0.6) is 5.75 Å². The quantitative estimate of drug-likeness (QED) is 0.0267. The van der Waals surface area contributed by atoms with E-state index in [4.69, 9.17) is 38.0 Å². The SMILES string of the molecule is COC(=O)C1=C(CNCCNC(=O)CCCNC(=S)Nc2ccc(-c3c4ccc(=O)cc-4oc4cc(O)ccc34)c(C(=O)O)c2)NC(c2ccccn2)=NC1c1ccc(F)cc1Cl. The monoisotopic (exact) mass is 891 g/mol. The molecule has 0 spiro atoms. The normalized spacial score (nSPS) is 13.6. The highest BCUT2D eigenvalue weighted by atomic mass is 35.5. The number of carboxylic acids is 1. The summed E-state index contributed by atoms with van der Waals surface area (Å²) in [5.74, 6) is -2.03. The van der Waals surface area contributed by atoms with Gasteiger partial charge in [0.05, 0.1) is 18.2 Å². The molecule has 1 amide bonds. The third-order valence-corrected chi connectivity index (χ3v) is 10.5. The average Bonchev–Trinajstić information content (AvgIpc) is 3.26. The molecule has 322 valence electrons. The highest BCUT2D eigenvalue weighted by molar-refractivity contribution is 7.80. The van der Waals surface area contributed by atoms with Gasteiger partial charge < -0.3 is 46.0 Å². The molecule has 15 nitrogen and oxygen atoms in total. The number of aromatic nitrogens is 1. The van der Waals surface area contributed by atoms with Gasteiger partial charge in [-0.05, 0) is 84.9 Å². The number of phenols is 1. The van der Waals surface area contributed by atoms with E-state index in [0.717, 1.165) is 6.07 Å². The number of hydrogen-bond acceptors (Lipinski definition) is 12. The van der Waals surface area contributed by atoms with E-state index >= 15 is 0 Å². The summed E-state index contributed by atoms with van der Waals surface area (Å²) in [5.41, 5.74) is 3.28. The van der Waals surface area contributed by atoms with Crippen LogP contribution in [-0.4, -0.2) is 77.3 Å². The Balaban J connectivity index is 0.917. The van der Waals surface area contributed by atoms with Crippen molar-refractivity contribution in [3.05, 3.63) is 146 Å². The number of aliphatic imine (C=N–C) groups is 1. The van der Waals surface area contributed by atoms with E-state index < -0.39 is 23.8 Å². The van der Waals surface area contributed by atoms with Crippen molar-refractivity contribution in [1.82, 2.24) is 26.3 Å². The number of fused-ring (bicyclic) bond motifs is 2. The summed E-state index contributed by atoms with van der Waals surface area (Å²) >= 11 is 11.9. The highest BCUT2D eigenvalue weighted by Crippen LogP contribution is 2.42. The first-order valence-corrected chi connectivity index (χ1v) is 20.3. The number of hydrogen-bond donors (Lipinski definition) is 7. The number of carbonyl (C=O) groups is 3. The zero-order valence-electron chi connectivity index (χ0n) is 33.5. The largest absolute Gasteiger partial charge is 0.508 e. The van der Waals surface area contributed by atoms with Crippen molar-refractivity contribution in [2.45, 2.75) is 18.9 Å². The van der Waals surface area contributed by atoms with Crippen LogP contribution in [0.15, 0.2) is 123 Å². The topological polar surface area (TPSA) is 217 Å². The molecule has 0 radical (unpaired) electrons. The number of benzene rings is 4. The number of anilines is 1. The predicted octanol–water partition coefficient (Wildman–Crippen LogP) is 6.15. The van der Waals surface area contributed by atoms with Crippen molar-refractivity contribution in [3.63, 3.8) is 0 Å². The molecule has 3 aliphatic rings. The van der Waals surface area contributed by atoms with E-state index in [1.807, 2.05) is 0 Å². The van der Waals surface area contributed by atoms with Gasteiger partial charge in [-0.15, -0.1) is 0 Å². The highest BCUT2D eigenvalue weighted by Gasteiger charge is 2.33. The molecule has 0 bridgehead atoms. The lowest BCUT2D eigenvalue weighted by Gasteiger charge is -2.28. The Morgan fingerprint density at radius 3 is 2.56 bits per heavy atom. The summed E-state index contributed by atoms with van der Waals surface area (Å²) in [6.07, 6.45) is 2.23. The van der Waals surface area contributed by atoms with Gasteiger partial charge in [0.25, 0.3) is 0 Å². The lowest BCUT2D eigenvalue weighted by Crippen LogP contribution is -2.40. The molecule has 7 rings (SSSR count). The Morgan fingerprint density at radius 2 is 1.79 bits per heavy atom. The van der Waals surface area contributed by atoms with Gasteiger partial charge in [-0.1, -0.05) is 29.8 Å². The molecule has 1 unspecified atom stereocenters. The number of rotatable bonds is 15. The number of ether oxygens (including phenoxy) is 1. The minimum Gasteiger partial charge on any atom is -0.508 e. The Morgan fingerprint density at radius 1 is 0.968 bits per heavy atom. The zero-order chi connectivity index (χ0) is 44.6. The molecule has 0 saturated heterocycles. The van der Waals surface area contributed by atoms with Crippen molar-refractivity contribution in [2.75, 3.05) is 38.6 Å². The molecule has 2 aliphatic heterocycles. The number of nitrogens with one attached hydrogen (secondary N) is 5. The number of phenolic OH excluding ortho intramolecular Hbond substituents is 1. The number of halogens is 2. The van der Waals surface area contributed by atoms with Crippen LogP contribution in [0.3, 0.4) is 0 Å². The number of methoxy groups -OCH3 is 1. The molecule has 1 atom stereocenters. The van der Waals surface area contributed by atoms with Crippen LogP contribution in [-0.2, 0) is 14.3 Å². The van der Waals surface area contributed by atoms with Crippen LogP contribution in [0.25, 0.3) is 33.4 Å². The second-order valence-corrected chi connectivity index (χ2v) is 15.0. The summed E-state index contributed by atoms with van der Waals surface area (Å²) in [6.45, 7) is 1.10. The lowest BCUT2D eigenvalue weighted by atomic mass is 9.90. The van der Waals surface area contributed by atoms with Crippen molar-refractivity contribution in [1.29, 1.82) is 0 Å². The zero-order valence-corrected chi connectivity index (χ0v) is 35.0. The van der Waals surface area contributed by atoms with E-state index in [2.05, 4.69) is 31.6 Å². The van der Waals surface area contributed by atoms with Crippen LogP contribution >= 0.6 is 23.8 Å². The number of amidine groups is 1. The molecular weight excluding hydrogens is 853 g/mol. The number of aromatic carboxylic acids is 1. The summed E-state index contributed by atoms with van der Waals surface area (Å²) in [4.78, 5) is 59.7. The standard InChI is InChI=1S/C45H39ClFN7O8S/c1-61-44(60)40-35(53-42(34-5-2-3-15-49-34)54-41(40)29-11-7-24(47)19-33(29)46)23-48-17-18-50-38(57)6-4-16-51-45(63)52-25-8-12-28(32(20-25)43(58)59)39-30-13-9-26(55)21-36(30)62-37-22-27(56)10-14-31(37)39/h2-3,5,7-15,19-22,41,48,55H,4,6,16-18,23H2,1H3,(H,50,57)(H,53,54)(H,58,59)(H2,51,52,63). The number of carbonyl (C=O) groups excluding carboxylic acids is 2. The van der Waals surface area contributed by atoms with E-state index in [9.17, 15) is 33.8 Å². The Bertz CT molecular complexity index is 2840. The lowest BCUT2D eigenvalue weighted by molar-refractivity contribution is -0.136. The van der Waals surface area contributed by atoms with Crippen molar-refractivity contribution in [2.24, 2.45) is 4.99 Å². The predicted molar refractivity (Wildman–Crippen MR) is 240 cm³/mol. The summed E-state index contributed by atoms with van der Waals surface area (Å²) in [7, 11) is 1.25. The van der Waals surface area contributed by atoms with E-state index in [0.29, 0.717) is 70.1 Å². The van der Waals surface area contributed by atoms with Crippen LogP contribution in [0, 0.1) is 5.82 Å². The number of aromatic hydroxyl groups is 1. The van der Waals surface area contributed by atoms with Crippen LogP contribution in [0.4, 0.5) is 10.1 Å². The number of nitrogens with zero attached hydrogens (tertiary/aromatic N) is 2. The molecule has 3 aromatic carbocycles. The Hall–Kier alpha value is -7.21. The Kier molecular flexibility index (Phi) is 13.7. The molecule has 18 heteroatoms. The van der Waals surface area contributed by atoms with Crippen molar-refractivity contribution < 1.29 is 38.1 Å². The van der Waals surface area contributed by atoms with Crippen LogP contribution in [0.2, 0.25) is 5.02 Å². The summed E-state index contributed by atoms with van der Waals surface area (Å²) < 4.78 is 25.0. The van der Waals surface area contributed by atoms with Gasteiger partial charge in [-0.2, -0.15) is 0 Å². The van der Waals surface area contributed by atoms with E-state index in [-0.39, 0.29) is 69.2 Å². The minimum absolute atomic E-state index is 0.0418. The van der Waals surface area contributed by atoms with E-state index in [1.54, 1.807) is 48.7 Å². The fraction of sp³-hybridized carbons (Fsp3) is 0.178. The molecule has 4 aromatic rings. The average molecular weight is 892 g/mol. The maximum atomic E-state index is 14.0. The fourth-order valence-corrected chi connectivity index (χ4v) is 7.54. The van der Waals surface area contributed by atoms with Gasteiger partial charge in [-0.3, -0.25) is 19.6 Å². The van der Waals surface area contributed by atoms with Crippen molar-refractivity contribution in [3.8, 4) is 28.2 Å². The first-order chi connectivity index (χ1) is 30.4. The second kappa shape index (κ2) is 19.7. The van der Waals surface area contributed by atoms with Crippen LogP contribution in [0.1, 0.15) is 40.5 Å². The number of pyridine rings is 1. The number of amides is 1. The Labute approximate surface area is 369 Å². The van der Waals surface area contributed by atoms with Crippen LogP contribution < -0.4 is 32.0 Å². The number of carboxylic acid groups (broad SMARTS) is 1. The van der Waals surface area contributed by atoms with E-state index in [1.165, 1.54) is 49.6 Å². The second-order valence-electron chi connectivity index (χ2n) is 14.2. The smallest absolute Gasteiger partial charge is 0.338 e. The third-order valence-electron chi connectivity index (χ3n) is 9.94. The van der Waals surface area contributed by atoms with Gasteiger partial charge in [0, 0.05) is 89.4 Å².